The van der Waals surface area contributed by atoms with E-state index in [4.69, 9.17) is 5.73 Å². The first-order valence-corrected chi connectivity index (χ1v) is 10.8. The second-order valence-corrected chi connectivity index (χ2v) is 9.42. The number of carbonyl (C=O) groups excluding carboxylic acids is 1. The Labute approximate surface area is 157 Å². The molecule has 1 aromatic carbocycles. The summed E-state index contributed by atoms with van der Waals surface area (Å²) in [5.74, 6) is 1.42. The van der Waals surface area contributed by atoms with E-state index in [0.717, 1.165) is 30.3 Å². The fraction of sp³-hybridized carbons (Fsp3) is 0.696. The Kier molecular flexibility index (Phi) is 3.93. The maximum atomic E-state index is 11.8. The summed E-state index contributed by atoms with van der Waals surface area (Å²) in [6.07, 6.45) is 11.9. The number of piperidine rings is 1. The van der Waals surface area contributed by atoms with Crippen molar-refractivity contribution in [3.63, 3.8) is 0 Å². The molecule has 5 rings (SSSR count). The Hall–Kier alpha value is -1.35. The number of primary amides is 1. The van der Waals surface area contributed by atoms with Crippen molar-refractivity contribution in [1.82, 2.24) is 4.90 Å². The Balaban J connectivity index is 1.59. The van der Waals surface area contributed by atoms with Crippen molar-refractivity contribution in [3.8, 4) is 0 Å². The van der Waals surface area contributed by atoms with Gasteiger partial charge in [-0.05, 0) is 93.5 Å². The van der Waals surface area contributed by atoms with Crippen molar-refractivity contribution < 1.29 is 4.79 Å². The highest BCUT2D eigenvalue weighted by Gasteiger charge is 2.53. The summed E-state index contributed by atoms with van der Waals surface area (Å²) in [6, 6.07) is 7.82. The van der Waals surface area contributed by atoms with E-state index in [1.54, 1.807) is 0 Å². The van der Waals surface area contributed by atoms with E-state index in [-0.39, 0.29) is 5.91 Å². The molecule has 140 valence electrons. The van der Waals surface area contributed by atoms with Gasteiger partial charge in [0.1, 0.15) is 0 Å². The molecule has 1 aromatic rings. The van der Waals surface area contributed by atoms with Crippen LogP contribution in [0.3, 0.4) is 0 Å². The van der Waals surface area contributed by atoms with Gasteiger partial charge in [-0.2, -0.15) is 0 Å². The summed E-state index contributed by atoms with van der Waals surface area (Å²) < 4.78 is 0. The van der Waals surface area contributed by atoms with Crippen LogP contribution in [0.15, 0.2) is 18.2 Å². The molecule has 1 heterocycles. The fourth-order valence-electron chi connectivity index (χ4n) is 6.77. The van der Waals surface area contributed by atoms with Crippen LogP contribution in [0.5, 0.6) is 0 Å². The van der Waals surface area contributed by atoms with Gasteiger partial charge in [0.25, 0.3) is 0 Å². The minimum absolute atomic E-state index is 0.280. The lowest BCUT2D eigenvalue weighted by Gasteiger charge is -2.56. The SMILES string of the molecule is CC(C1CC1)N1CCC23CCCCC2C1CCc1ccc(C(N)=O)cc13. The number of fused-ring (bicyclic) bond motifs is 1. The highest BCUT2D eigenvalue weighted by Crippen LogP contribution is 2.56. The number of nitrogens with two attached hydrogens (primary N) is 1. The molecule has 2 saturated carbocycles. The molecule has 2 N–H and O–H groups in total. The van der Waals surface area contributed by atoms with Crippen LogP contribution >= 0.6 is 0 Å². The van der Waals surface area contributed by atoms with Crippen molar-refractivity contribution in [2.24, 2.45) is 17.6 Å². The lowest BCUT2D eigenvalue weighted by Crippen LogP contribution is -2.59. The van der Waals surface area contributed by atoms with Crippen LogP contribution in [0.25, 0.3) is 0 Å². The minimum atomic E-state index is -0.280. The smallest absolute Gasteiger partial charge is 0.248 e. The van der Waals surface area contributed by atoms with Gasteiger partial charge in [-0.3, -0.25) is 9.69 Å². The molecule has 2 bridgehead atoms. The van der Waals surface area contributed by atoms with Gasteiger partial charge in [-0.25, -0.2) is 0 Å². The number of nitrogens with zero attached hydrogens (tertiary/aromatic N) is 1. The lowest BCUT2D eigenvalue weighted by molar-refractivity contribution is -0.0241. The molecule has 3 aliphatic carbocycles. The van der Waals surface area contributed by atoms with Crippen molar-refractivity contribution >= 4 is 5.91 Å². The number of hydrogen-bond acceptors (Lipinski definition) is 2. The molecular weight excluding hydrogens is 320 g/mol. The molecule has 3 nitrogen and oxygen atoms in total. The summed E-state index contributed by atoms with van der Waals surface area (Å²) in [6.45, 7) is 3.72. The van der Waals surface area contributed by atoms with E-state index in [2.05, 4.69) is 24.0 Å². The highest BCUT2D eigenvalue weighted by molar-refractivity contribution is 5.93. The number of amides is 1. The van der Waals surface area contributed by atoms with E-state index < -0.39 is 0 Å². The topological polar surface area (TPSA) is 46.3 Å². The molecule has 26 heavy (non-hydrogen) atoms. The first kappa shape index (κ1) is 16.8. The Morgan fingerprint density at radius 3 is 2.81 bits per heavy atom. The maximum absolute atomic E-state index is 11.8. The summed E-state index contributed by atoms with van der Waals surface area (Å²) in [5.41, 5.74) is 9.61. The van der Waals surface area contributed by atoms with Gasteiger partial charge in [0, 0.05) is 23.1 Å². The van der Waals surface area contributed by atoms with E-state index in [0.29, 0.717) is 11.0 Å². The van der Waals surface area contributed by atoms with Gasteiger partial charge in [-0.15, -0.1) is 0 Å². The van der Waals surface area contributed by atoms with Crippen molar-refractivity contribution in [3.05, 3.63) is 34.9 Å². The molecule has 3 fully saturated rings. The molecule has 1 aliphatic heterocycles. The van der Waals surface area contributed by atoms with Crippen molar-refractivity contribution in [2.45, 2.75) is 82.2 Å². The van der Waals surface area contributed by atoms with Crippen LogP contribution in [0.1, 0.15) is 79.8 Å². The third-order valence-electron chi connectivity index (χ3n) is 8.27. The third-order valence-corrected chi connectivity index (χ3v) is 8.27. The van der Waals surface area contributed by atoms with Gasteiger partial charge < -0.3 is 5.73 Å². The van der Waals surface area contributed by atoms with Gasteiger partial charge in [0.05, 0.1) is 0 Å². The summed E-state index contributed by atoms with van der Waals surface area (Å²) >= 11 is 0. The minimum Gasteiger partial charge on any atom is -0.366 e. The second-order valence-electron chi connectivity index (χ2n) is 9.42. The first-order chi connectivity index (χ1) is 12.6. The van der Waals surface area contributed by atoms with Gasteiger partial charge in [0.2, 0.25) is 5.91 Å². The van der Waals surface area contributed by atoms with Crippen LogP contribution in [-0.4, -0.2) is 29.4 Å². The molecule has 0 aromatic heterocycles. The molecule has 0 radical (unpaired) electrons. The van der Waals surface area contributed by atoms with Crippen LogP contribution < -0.4 is 5.73 Å². The van der Waals surface area contributed by atoms with E-state index in [1.165, 1.54) is 69.0 Å². The fourth-order valence-corrected chi connectivity index (χ4v) is 6.77. The summed E-state index contributed by atoms with van der Waals surface area (Å²) in [7, 11) is 0. The standard InChI is InChI=1S/C23H32N2O/c1-15(16-5-6-16)25-13-12-23-11-3-2-4-19(23)21(25)10-9-17-7-8-18(22(24)26)14-20(17)23/h7-8,14-16,19,21H,2-6,9-13H2,1H3,(H2,24,26). The monoisotopic (exact) mass is 352 g/mol. The highest BCUT2D eigenvalue weighted by atomic mass is 16.1. The molecule has 1 saturated heterocycles. The van der Waals surface area contributed by atoms with Crippen LogP contribution in [-0.2, 0) is 11.8 Å². The van der Waals surface area contributed by atoms with Crippen LogP contribution in [0.4, 0.5) is 0 Å². The van der Waals surface area contributed by atoms with Crippen molar-refractivity contribution in [1.29, 1.82) is 0 Å². The number of carbonyl (C=O) groups is 1. The average Bonchev–Trinajstić information content (AvgIpc) is 3.50. The number of aryl methyl sites for hydroxylation is 1. The molecule has 1 amide bonds. The number of likely N-dealkylation sites (tertiary alicyclic amines) is 1. The molecule has 4 atom stereocenters. The number of hydrogen-bond donors (Lipinski definition) is 1. The van der Waals surface area contributed by atoms with E-state index in [9.17, 15) is 4.79 Å². The van der Waals surface area contributed by atoms with Gasteiger partial charge in [0.15, 0.2) is 0 Å². The predicted octanol–water partition coefficient (Wildman–Crippen LogP) is 4.03. The zero-order valence-corrected chi connectivity index (χ0v) is 16.0. The zero-order valence-electron chi connectivity index (χ0n) is 16.0. The van der Waals surface area contributed by atoms with Gasteiger partial charge >= 0.3 is 0 Å². The second kappa shape index (κ2) is 6.09. The molecule has 4 aliphatic rings. The first-order valence-electron chi connectivity index (χ1n) is 10.8. The Morgan fingerprint density at radius 1 is 1.19 bits per heavy atom. The molecular formula is C23H32N2O. The number of benzene rings is 1. The molecule has 0 spiro atoms. The Bertz CT molecular complexity index is 725. The maximum Gasteiger partial charge on any atom is 0.248 e. The van der Waals surface area contributed by atoms with Crippen molar-refractivity contribution in [2.75, 3.05) is 6.54 Å². The predicted molar refractivity (Wildman–Crippen MR) is 104 cm³/mol. The zero-order chi connectivity index (χ0) is 17.9. The molecule has 4 unspecified atom stereocenters. The van der Waals surface area contributed by atoms with E-state index >= 15 is 0 Å². The van der Waals surface area contributed by atoms with Crippen LogP contribution in [0, 0.1) is 11.8 Å². The lowest BCUT2D eigenvalue weighted by atomic mass is 9.56. The average molecular weight is 353 g/mol. The van der Waals surface area contributed by atoms with Gasteiger partial charge in [-0.1, -0.05) is 18.9 Å². The number of rotatable bonds is 3. The quantitative estimate of drug-likeness (QED) is 0.892. The Morgan fingerprint density at radius 2 is 2.04 bits per heavy atom. The third kappa shape index (κ3) is 2.46. The molecule has 3 heteroatoms. The largest absolute Gasteiger partial charge is 0.366 e. The summed E-state index contributed by atoms with van der Waals surface area (Å²) in [5, 5.41) is 0. The normalized spacial score (nSPS) is 35.1. The summed E-state index contributed by atoms with van der Waals surface area (Å²) in [4.78, 5) is 14.7. The van der Waals surface area contributed by atoms with Crippen LogP contribution in [0.2, 0.25) is 0 Å². The van der Waals surface area contributed by atoms with E-state index in [1.807, 2.05) is 6.07 Å².